The maximum atomic E-state index is 8.85. The molecule has 0 spiro atoms. The van der Waals surface area contributed by atoms with E-state index in [0.29, 0.717) is 5.56 Å². The van der Waals surface area contributed by atoms with Crippen LogP contribution in [-0.4, -0.2) is 66.3 Å². The van der Waals surface area contributed by atoms with E-state index in [-0.39, 0.29) is 18.5 Å². The quantitative estimate of drug-likeness (QED) is 0.339. The van der Waals surface area contributed by atoms with E-state index in [4.69, 9.17) is 21.8 Å². The number of fused-ring (bicyclic) bond motifs is 2. The van der Waals surface area contributed by atoms with Gasteiger partial charge in [-0.2, -0.15) is 0 Å². The minimum absolute atomic E-state index is 0.0194. The summed E-state index contributed by atoms with van der Waals surface area (Å²) in [5, 5.41) is 18.4. The van der Waals surface area contributed by atoms with Crippen molar-refractivity contribution < 1.29 is 10.2 Å². The Bertz CT molecular complexity index is 1070. The fraction of sp³-hybridized carbons (Fsp3) is 0.520. The number of aromatic nitrogens is 6. The summed E-state index contributed by atoms with van der Waals surface area (Å²) in [6, 6.07) is 0. The van der Waals surface area contributed by atoms with E-state index in [1.54, 1.807) is 12.4 Å². The van der Waals surface area contributed by atoms with Crippen molar-refractivity contribution >= 4 is 39.4 Å². The van der Waals surface area contributed by atoms with Gasteiger partial charge in [0.2, 0.25) is 17.2 Å². The van der Waals surface area contributed by atoms with Gasteiger partial charge in [0.25, 0.3) is 0 Å². The van der Waals surface area contributed by atoms with Crippen LogP contribution < -0.4 is 9.80 Å². The third-order valence-electron chi connectivity index (χ3n) is 7.10. The summed E-state index contributed by atoms with van der Waals surface area (Å²) in [5.74, 6) is 5.40. The first-order chi connectivity index (χ1) is 18.1. The number of aliphatic hydroxyl groups is 2. The Labute approximate surface area is 229 Å². The second-order valence-electron chi connectivity index (χ2n) is 9.91. The smallest absolute Gasteiger partial charge is 0.225 e. The number of hydrogen-bond donors (Lipinski definition) is 2. The van der Waals surface area contributed by atoms with E-state index in [1.807, 2.05) is 12.4 Å². The van der Waals surface area contributed by atoms with E-state index in [9.17, 15) is 0 Å². The summed E-state index contributed by atoms with van der Waals surface area (Å²) in [7, 11) is 0. The van der Waals surface area contributed by atoms with Gasteiger partial charge >= 0.3 is 0 Å². The van der Waals surface area contributed by atoms with Crippen molar-refractivity contribution in [3.8, 4) is 0 Å². The molecule has 196 valence electrons. The van der Waals surface area contributed by atoms with Crippen LogP contribution in [0, 0.1) is 23.7 Å². The van der Waals surface area contributed by atoms with Crippen molar-refractivity contribution in [2.75, 3.05) is 36.0 Å². The third kappa shape index (κ3) is 6.90. The lowest BCUT2D eigenvalue weighted by Gasteiger charge is -2.17. The van der Waals surface area contributed by atoms with Gasteiger partial charge in [-0.3, -0.25) is 0 Å². The van der Waals surface area contributed by atoms with E-state index >= 15 is 0 Å². The summed E-state index contributed by atoms with van der Waals surface area (Å²) in [4.78, 5) is 29.1. The highest BCUT2D eigenvalue weighted by atomic mass is 79.9. The first-order valence-electron chi connectivity index (χ1n) is 12.4. The molecule has 3 aromatic rings. The number of halogens is 2. The molecule has 4 unspecified atom stereocenters. The van der Waals surface area contributed by atoms with Gasteiger partial charge in [0, 0.05) is 79.8 Å². The molecule has 4 fully saturated rings. The second kappa shape index (κ2) is 11.9. The van der Waals surface area contributed by atoms with Crippen LogP contribution in [0.5, 0.6) is 0 Å². The average molecular weight is 590 g/mol. The minimum atomic E-state index is -0.0445. The molecule has 12 heteroatoms. The summed E-state index contributed by atoms with van der Waals surface area (Å²) >= 11 is 8.75. The molecule has 2 saturated heterocycles. The van der Waals surface area contributed by atoms with Crippen molar-refractivity contribution in [3.63, 3.8) is 0 Å². The normalized spacial score (nSPS) is 24.3. The maximum Gasteiger partial charge on any atom is 0.225 e. The predicted octanol–water partition coefficient (Wildman–Crippen LogP) is 2.87. The number of nitrogens with zero attached hydrogens (tertiary/aromatic N) is 8. The zero-order valence-electron chi connectivity index (χ0n) is 20.4. The maximum absolute atomic E-state index is 8.85. The minimum Gasteiger partial charge on any atom is -0.392 e. The molecule has 0 radical (unpaired) electrons. The van der Waals surface area contributed by atoms with E-state index in [2.05, 4.69) is 55.6 Å². The van der Waals surface area contributed by atoms with Crippen molar-refractivity contribution in [1.29, 1.82) is 0 Å². The number of alkyl halides is 1. The molecule has 37 heavy (non-hydrogen) atoms. The van der Waals surface area contributed by atoms with Crippen LogP contribution in [0.2, 0.25) is 5.28 Å². The molecule has 0 bridgehead atoms. The number of rotatable bonds is 5. The van der Waals surface area contributed by atoms with Gasteiger partial charge in [-0.05, 0) is 53.7 Å². The highest BCUT2D eigenvalue weighted by Crippen LogP contribution is 2.46. The lowest BCUT2D eigenvalue weighted by molar-refractivity contribution is 0.280. The van der Waals surface area contributed by atoms with Gasteiger partial charge in [-0.25, -0.2) is 29.9 Å². The van der Waals surface area contributed by atoms with Gasteiger partial charge in [0.15, 0.2) is 0 Å². The topological polar surface area (TPSA) is 124 Å². The molecule has 4 aliphatic rings. The molecule has 0 aromatic carbocycles. The van der Waals surface area contributed by atoms with Crippen LogP contribution >= 0.6 is 27.5 Å². The first-order valence-corrected chi connectivity index (χ1v) is 13.9. The van der Waals surface area contributed by atoms with Gasteiger partial charge < -0.3 is 20.0 Å². The lowest BCUT2D eigenvalue weighted by atomic mass is 10.4. The zero-order chi connectivity index (χ0) is 25.8. The molecule has 3 aromatic heterocycles. The monoisotopic (exact) mass is 588 g/mol. The molecule has 5 heterocycles. The number of hydrogen-bond acceptors (Lipinski definition) is 10. The molecular weight excluding hydrogens is 560 g/mol. The van der Waals surface area contributed by atoms with Crippen LogP contribution in [0.25, 0.3) is 0 Å². The van der Waals surface area contributed by atoms with Gasteiger partial charge in [0.05, 0.1) is 13.2 Å². The number of anilines is 2. The summed E-state index contributed by atoms with van der Waals surface area (Å²) in [6.45, 7) is 4.53. The first kappa shape index (κ1) is 26.1. The Hall–Kier alpha value is -2.47. The fourth-order valence-electron chi connectivity index (χ4n) is 4.72. The van der Waals surface area contributed by atoms with Crippen molar-refractivity contribution in [2.24, 2.45) is 23.7 Å². The summed E-state index contributed by atoms with van der Waals surface area (Å²) < 4.78 is 0. The van der Waals surface area contributed by atoms with Crippen LogP contribution in [0.1, 0.15) is 29.5 Å². The number of piperidine rings is 2. The Balaban J connectivity index is 0.000000117. The van der Waals surface area contributed by atoms with Crippen LogP contribution in [-0.2, 0) is 18.5 Å². The molecule has 0 amide bonds. The Morgan fingerprint density at radius 1 is 0.649 bits per heavy atom. The van der Waals surface area contributed by atoms with Crippen LogP contribution in [0.4, 0.5) is 11.9 Å². The highest BCUT2D eigenvalue weighted by Gasteiger charge is 2.46. The third-order valence-corrected chi connectivity index (χ3v) is 7.94. The van der Waals surface area contributed by atoms with E-state index < -0.39 is 0 Å². The van der Waals surface area contributed by atoms with Crippen molar-refractivity contribution in [3.05, 3.63) is 59.2 Å². The molecule has 7 rings (SSSR count). The van der Waals surface area contributed by atoms with Crippen molar-refractivity contribution in [2.45, 2.75) is 31.4 Å². The molecule has 4 atom stereocenters. The molecule has 2 aliphatic carbocycles. The van der Waals surface area contributed by atoms with Gasteiger partial charge in [-0.15, -0.1) is 0 Å². The Morgan fingerprint density at radius 2 is 1.00 bits per heavy atom. The highest BCUT2D eigenvalue weighted by molar-refractivity contribution is 9.08. The second-order valence-corrected chi connectivity index (χ2v) is 10.8. The van der Waals surface area contributed by atoms with Gasteiger partial charge in [0.1, 0.15) is 0 Å². The van der Waals surface area contributed by atoms with Gasteiger partial charge in [-0.1, -0.05) is 15.9 Å². The predicted molar refractivity (Wildman–Crippen MR) is 143 cm³/mol. The summed E-state index contributed by atoms with van der Waals surface area (Å²) in [5.41, 5.74) is 2.58. The molecule has 2 aliphatic heterocycles. The summed E-state index contributed by atoms with van der Waals surface area (Å²) in [6.07, 6.45) is 13.0. The van der Waals surface area contributed by atoms with E-state index in [0.717, 1.165) is 65.1 Å². The zero-order valence-corrected chi connectivity index (χ0v) is 22.7. The van der Waals surface area contributed by atoms with Crippen molar-refractivity contribution in [1.82, 2.24) is 29.9 Å². The van der Waals surface area contributed by atoms with Crippen LogP contribution in [0.15, 0.2) is 37.2 Å². The van der Waals surface area contributed by atoms with Crippen LogP contribution in [0.3, 0.4) is 0 Å². The average Bonchev–Trinajstić information content (AvgIpc) is 3.80. The lowest BCUT2D eigenvalue weighted by Crippen LogP contribution is -2.23. The van der Waals surface area contributed by atoms with E-state index in [1.165, 1.54) is 38.3 Å². The SMILES string of the molecule is BrCc1cnc(N2CC3CC3C2)nc1.OCc1cnc(Cl)nc1.OCc1cnc(N2CC3CC3C2)nc1. The Kier molecular flexibility index (Phi) is 8.43. The Morgan fingerprint density at radius 3 is 1.35 bits per heavy atom. The fourth-order valence-corrected chi connectivity index (χ4v) is 5.10. The molecule has 2 N–H and O–H groups in total. The largest absolute Gasteiger partial charge is 0.392 e. The number of aliphatic hydroxyl groups excluding tert-OH is 2. The standard InChI is InChI=1S/C10H12BrN3.C10H13N3O.C5H5ClN2O/c11-2-7-3-12-10(13-4-7)14-5-8-1-9(8)6-14;14-6-7-2-11-10(12-3-7)13-4-8-1-9(8)5-13;6-5-7-1-4(3-9)2-8-5/h3-4,8-9H,1-2,5-6H2;2-3,8-9,14H,1,4-6H2;1-2,9H,3H2. The molecule has 10 nitrogen and oxygen atoms in total. The molecular formula is C25H30BrClN8O2. The molecule has 2 saturated carbocycles.